The summed E-state index contributed by atoms with van der Waals surface area (Å²) in [6.07, 6.45) is 4.50. The third-order valence-corrected chi connectivity index (χ3v) is 2.07. The molecule has 4 N–H and O–H groups in total. The van der Waals surface area contributed by atoms with Crippen molar-refractivity contribution in [3.05, 3.63) is 0 Å². The van der Waals surface area contributed by atoms with Crippen molar-refractivity contribution in [2.45, 2.75) is 25.7 Å². The van der Waals surface area contributed by atoms with Gasteiger partial charge in [0.05, 0.1) is 0 Å². The molecule has 6 nitrogen and oxygen atoms in total. The molecule has 0 spiro atoms. The van der Waals surface area contributed by atoms with Crippen LogP contribution in [0.1, 0.15) is 25.7 Å². The molecule has 0 unspecified atom stereocenters. The third kappa shape index (κ3) is 7.19. The molecule has 0 aliphatic carbocycles. The lowest BCUT2D eigenvalue weighted by Gasteiger charge is -2.22. The normalized spacial score (nSPS) is 11.6. The highest BCUT2D eigenvalue weighted by atomic mass is 16.7. The number of hydrogen-bond acceptors (Lipinski definition) is 6. The van der Waals surface area contributed by atoms with Gasteiger partial charge in [0.2, 0.25) is 0 Å². The summed E-state index contributed by atoms with van der Waals surface area (Å²) in [7, 11) is 3.64. The average Bonchev–Trinajstić information content (AvgIpc) is 2.21. The summed E-state index contributed by atoms with van der Waals surface area (Å²) < 4.78 is 0. The maximum Gasteiger partial charge on any atom is 0.0167 e. The van der Waals surface area contributed by atoms with Crippen LogP contribution < -0.4 is 10.9 Å². The van der Waals surface area contributed by atoms with Crippen LogP contribution in [0.5, 0.6) is 0 Å². The van der Waals surface area contributed by atoms with E-state index >= 15 is 0 Å². The second-order valence-corrected chi connectivity index (χ2v) is 3.29. The Bertz CT molecular complexity index is 126. The first kappa shape index (κ1) is 13.8. The topological polar surface area (TPSA) is 71.0 Å². The first-order valence-electron chi connectivity index (χ1n) is 4.96. The molecule has 0 aliphatic rings. The predicted octanol–water partition coefficient (Wildman–Crippen LogP) is 0.198. The molecule has 0 atom stereocenters. The summed E-state index contributed by atoms with van der Waals surface area (Å²) >= 11 is 0. The molecule has 0 saturated carbocycles. The molecule has 0 radical (unpaired) electrons. The van der Waals surface area contributed by atoms with Crippen molar-refractivity contribution in [2.75, 3.05) is 27.2 Å². The highest BCUT2D eigenvalue weighted by Crippen LogP contribution is 2.00. The van der Waals surface area contributed by atoms with Gasteiger partial charge < -0.3 is 5.32 Å². The largest absolute Gasteiger partial charge is 0.320 e. The van der Waals surface area contributed by atoms with Crippen molar-refractivity contribution in [1.82, 2.24) is 21.2 Å². The maximum atomic E-state index is 8.96. The summed E-state index contributed by atoms with van der Waals surface area (Å²) in [5.74, 6) is 0. The fraction of sp³-hybridized carbons (Fsp3) is 1.00. The molecule has 0 amide bonds. The van der Waals surface area contributed by atoms with E-state index in [1.807, 2.05) is 7.05 Å². The van der Waals surface area contributed by atoms with Crippen LogP contribution in [0.4, 0.5) is 0 Å². The van der Waals surface area contributed by atoms with Crippen molar-refractivity contribution in [1.29, 1.82) is 0 Å². The molecule has 14 heavy (non-hydrogen) atoms. The molecule has 0 aliphatic heterocycles. The van der Waals surface area contributed by atoms with Gasteiger partial charge in [-0.1, -0.05) is 18.4 Å². The number of nitrogens with zero attached hydrogens (tertiary/aromatic N) is 2. The van der Waals surface area contributed by atoms with Crippen LogP contribution in [0.3, 0.4) is 0 Å². The summed E-state index contributed by atoms with van der Waals surface area (Å²) in [5, 5.41) is 22.5. The highest BCUT2D eigenvalue weighted by molar-refractivity contribution is 4.47. The van der Waals surface area contributed by atoms with E-state index in [-0.39, 0.29) is 0 Å². The van der Waals surface area contributed by atoms with Gasteiger partial charge in [0.1, 0.15) is 0 Å². The Morgan fingerprint density at radius 2 is 1.79 bits per heavy atom. The molecule has 0 aromatic rings. The van der Waals surface area contributed by atoms with Gasteiger partial charge in [-0.3, -0.25) is 10.4 Å². The molecular weight excluding hydrogens is 184 g/mol. The monoisotopic (exact) mass is 206 g/mol. The van der Waals surface area contributed by atoms with Crippen LogP contribution >= 0.6 is 0 Å². The van der Waals surface area contributed by atoms with Gasteiger partial charge in [-0.05, 0) is 31.7 Å². The van der Waals surface area contributed by atoms with Crippen LogP contribution in [0, 0.1) is 0 Å². The zero-order valence-electron chi connectivity index (χ0n) is 9.03. The summed E-state index contributed by atoms with van der Waals surface area (Å²) in [4.78, 5) is 0. The maximum absolute atomic E-state index is 8.96. The molecule has 0 bridgehead atoms. The second kappa shape index (κ2) is 9.32. The Hall–Kier alpha value is -0.240. The van der Waals surface area contributed by atoms with E-state index in [9.17, 15) is 0 Å². The molecular formula is C8H22N4O2. The Morgan fingerprint density at radius 1 is 1.14 bits per heavy atom. The van der Waals surface area contributed by atoms with Crippen molar-refractivity contribution in [3.8, 4) is 0 Å². The first-order chi connectivity index (χ1) is 6.72. The smallest absolute Gasteiger partial charge is 0.0167 e. The van der Waals surface area contributed by atoms with Gasteiger partial charge in [-0.2, -0.15) is 0 Å². The highest BCUT2D eigenvalue weighted by Gasteiger charge is 2.04. The average molecular weight is 206 g/mol. The molecule has 0 aromatic heterocycles. The quantitative estimate of drug-likeness (QED) is 0.319. The molecule has 0 rings (SSSR count). The van der Waals surface area contributed by atoms with E-state index in [2.05, 4.69) is 5.32 Å². The van der Waals surface area contributed by atoms with E-state index in [1.165, 1.54) is 17.9 Å². The van der Waals surface area contributed by atoms with E-state index in [1.54, 1.807) is 12.6 Å². The number of hydrogen-bond donors (Lipinski definition) is 4. The van der Waals surface area contributed by atoms with Crippen LogP contribution in [-0.4, -0.2) is 47.9 Å². The minimum Gasteiger partial charge on any atom is -0.320 e. The third-order valence-electron chi connectivity index (χ3n) is 2.07. The van der Waals surface area contributed by atoms with Gasteiger partial charge in [0.15, 0.2) is 0 Å². The minimum atomic E-state index is 0.563. The van der Waals surface area contributed by atoms with Crippen molar-refractivity contribution in [2.24, 2.45) is 0 Å². The van der Waals surface area contributed by atoms with Crippen LogP contribution in [0.2, 0.25) is 0 Å². The predicted molar refractivity (Wildman–Crippen MR) is 53.6 cm³/mol. The van der Waals surface area contributed by atoms with Gasteiger partial charge >= 0.3 is 0 Å². The molecule has 0 heterocycles. The summed E-state index contributed by atoms with van der Waals surface area (Å²) in [5.41, 5.74) is 1.63. The SMILES string of the molecule is CNCCCCCCN(C)N(O)NO. The van der Waals surface area contributed by atoms with E-state index in [0.717, 1.165) is 19.4 Å². The molecule has 0 saturated heterocycles. The Morgan fingerprint density at radius 3 is 2.36 bits per heavy atom. The molecule has 0 aromatic carbocycles. The lowest BCUT2D eigenvalue weighted by molar-refractivity contribution is -0.325. The van der Waals surface area contributed by atoms with Gasteiger partial charge in [-0.15, -0.1) is 0 Å². The zero-order chi connectivity index (χ0) is 10.8. The van der Waals surface area contributed by atoms with Gasteiger partial charge in [-0.25, -0.2) is 5.01 Å². The zero-order valence-corrected chi connectivity index (χ0v) is 9.03. The lowest BCUT2D eigenvalue weighted by Crippen LogP contribution is -2.45. The van der Waals surface area contributed by atoms with Gasteiger partial charge in [0.25, 0.3) is 0 Å². The van der Waals surface area contributed by atoms with Crippen molar-refractivity contribution >= 4 is 0 Å². The number of rotatable bonds is 9. The lowest BCUT2D eigenvalue weighted by atomic mass is 10.2. The number of unbranched alkanes of at least 4 members (excludes halogenated alkanes) is 3. The Kier molecular flexibility index (Phi) is 9.16. The fourth-order valence-electron chi connectivity index (χ4n) is 1.17. The van der Waals surface area contributed by atoms with Crippen LogP contribution in [0.25, 0.3) is 0 Å². The molecule has 0 fully saturated rings. The molecule has 86 valence electrons. The minimum absolute atomic E-state index is 0.563. The van der Waals surface area contributed by atoms with Crippen molar-refractivity contribution in [3.63, 3.8) is 0 Å². The van der Waals surface area contributed by atoms with Crippen molar-refractivity contribution < 1.29 is 10.4 Å². The fourth-order valence-corrected chi connectivity index (χ4v) is 1.17. The van der Waals surface area contributed by atoms with E-state index < -0.39 is 0 Å². The van der Waals surface area contributed by atoms with E-state index in [0.29, 0.717) is 11.8 Å². The Labute approximate surface area is 85.4 Å². The number of nitrogens with one attached hydrogen (secondary N) is 2. The van der Waals surface area contributed by atoms with Crippen LogP contribution in [0.15, 0.2) is 0 Å². The summed E-state index contributed by atoms with van der Waals surface area (Å²) in [6.45, 7) is 1.77. The van der Waals surface area contributed by atoms with E-state index in [4.69, 9.17) is 10.4 Å². The summed E-state index contributed by atoms with van der Waals surface area (Å²) in [6, 6.07) is 0. The number of hydrazine groups is 2. The first-order valence-corrected chi connectivity index (χ1v) is 4.96. The standard InChI is InChI=1S/C8H22N4O2/c1-9-7-5-3-4-6-8-11(2)12(14)10-13/h9-10,13-14H,3-8H2,1-2H3. The second-order valence-electron chi connectivity index (χ2n) is 3.29. The van der Waals surface area contributed by atoms with Crippen LogP contribution in [-0.2, 0) is 0 Å². The Balaban J connectivity index is 3.18. The molecule has 6 heteroatoms. The van der Waals surface area contributed by atoms with Gasteiger partial charge in [0, 0.05) is 13.6 Å².